The van der Waals surface area contributed by atoms with Crippen LogP contribution in [-0.4, -0.2) is 25.9 Å². The summed E-state index contributed by atoms with van der Waals surface area (Å²) in [6.45, 7) is 1.84. The standard InChI is InChI=1S/C10H15NO3S/c1-9-4-2-3-5-10(9)8-11-15(13,14)7-6-12/h2-5,11-12H,6-8H2,1H3. The number of hydrogen-bond acceptors (Lipinski definition) is 3. The molecule has 0 amide bonds. The number of rotatable bonds is 5. The van der Waals surface area contributed by atoms with Crippen LogP contribution in [0.3, 0.4) is 0 Å². The molecule has 0 aliphatic heterocycles. The maximum atomic E-state index is 11.2. The number of sulfonamides is 1. The van der Waals surface area contributed by atoms with E-state index in [9.17, 15) is 8.42 Å². The molecule has 1 aromatic rings. The Balaban J connectivity index is 2.62. The van der Waals surface area contributed by atoms with Gasteiger partial charge >= 0.3 is 0 Å². The average molecular weight is 229 g/mol. The molecule has 0 radical (unpaired) electrons. The number of aliphatic hydroxyl groups is 1. The molecule has 1 rings (SSSR count). The number of benzene rings is 1. The van der Waals surface area contributed by atoms with Crippen molar-refractivity contribution in [3.8, 4) is 0 Å². The minimum absolute atomic E-state index is 0.251. The summed E-state index contributed by atoms with van der Waals surface area (Å²) in [5.74, 6) is -0.251. The van der Waals surface area contributed by atoms with E-state index in [4.69, 9.17) is 5.11 Å². The van der Waals surface area contributed by atoms with Gasteiger partial charge in [-0.05, 0) is 18.1 Å². The number of nitrogens with one attached hydrogen (secondary N) is 1. The lowest BCUT2D eigenvalue weighted by Crippen LogP contribution is -2.27. The van der Waals surface area contributed by atoms with Crippen molar-refractivity contribution in [1.82, 2.24) is 4.72 Å². The molecule has 0 heterocycles. The van der Waals surface area contributed by atoms with Crippen molar-refractivity contribution < 1.29 is 13.5 Å². The highest BCUT2D eigenvalue weighted by Crippen LogP contribution is 2.06. The highest BCUT2D eigenvalue weighted by Gasteiger charge is 2.08. The van der Waals surface area contributed by atoms with Gasteiger partial charge in [0.2, 0.25) is 10.0 Å². The Kier molecular flexibility index (Phi) is 4.26. The molecule has 5 heteroatoms. The Hall–Kier alpha value is -0.910. The Labute approximate surface area is 90.0 Å². The second kappa shape index (κ2) is 5.25. The second-order valence-corrected chi connectivity index (χ2v) is 5.22. The van der Waals surface area contributed by atoms with E-state index in [0.717, 1.165) is 11.1 Å². The lowest BCUT2D eigenvalue weighted by molar-refractivity contribution is 0.319. The van der Waals surface area contributed by atoms with Crippen LogP contribution in [0, 0.1) is 6.92 Å². The summed E-state index contributed by atoms with van der Waals surface area (Å²) in [4.78, 5) is 0. The number of aliphatic hydroxyl groups excluding tert-OH is 1. The summed E-state index contributed by atoms with van der Waals surface area (Å²) in [5.41, 5.74) is 1.99. The van der Waals surface area contributed by atoms with Crippen LogP contribution in [0.2, 0.25) is 0 Å². The Morgan fingerprint density at radius 1 is 1.33 bits per heavy atom. The van der Waals surface area contributed by atoms with E-state index in [0.29, 0.717) is 0 Å². The molecule has 0 atom stereocenters. The smallest absolute Gasteiger partial charge is 0.214 e. The minimum atomic E-state index is -3.35. The SMILES string of the molecule is Cc1ccccc1CNS(=O)(=O)CCO. The molecule has 2 N–H and O–H groups in total. The molecule has 0 unspecified atom stereocenters. The zero-order valence-corrected chi connectivity index (χ0v) is 9.42. The molecule has 4 nitrogen and oxygen atoms in total. The molecule has 84 valence electrons. The first-order valence-electron chi connectivity index (χ1n) is 4.68. The van der Waals surface area contributed by atoms with Crippen molar-refractivity contribution in [2.75, 3.05) is 12.4 Å². The average Bonchev–Trinajstić information content (AvgIpc) is 2.16. The summed E-state index contributed by atoms with van der Waals surface area (Å²) in [7, 11) is -3.35. The first-order valence-corrected chi connectivity index (χ1v) is 6.33. The lowest BCUT2D eigenvalue weighted by Gasteiger charge is -2.07. The monoisotopic (exact) mass is 229 g/mol. The summed E-state index contributed by atoms with van der Waals surface area (Å²) in [6.07, 6.45) is 0. The second-order valence-electron chi connectivity index (χ2n) is 3.29. The van der Waals surface area contributed by atoms with Gasteiger partial charge in [-0.3, -0.25) is 0 Å². The van der Waals surface area contributed by atoms with Crippen LogP contribution >= 0.6 is 0 Å². The van der Waals surface area contributed by atoms with Gasteiger partial charge in [0.1, 0.15) is 0 Å². The van der Waals surface area contributed by atoms with E-state index in [1.165, 1.54) is 0 Å². The van der Waals surface area contributed by atoms with Gasteiger partial charge in [-0.1, -0.05) is 24.3 Å². The topological polar surface area (TPSA) is 66.4 Å². The third-order valence-corrected chi connectivity index (χ3v) is 3.41. The fourth-order valence-corrected chi connectivity index (χ4v) is 1.95. The molecule has 0 bridgehead atoms. The van der Waals surface area contributed by atoms with E-state index in [2.05, 4.69) is 4.72 Å². The fourth-order valence-electron chi connectivity index (χ4n) is 1.19. The predicted molar refractivity (Wildman–Crippen MR) is 58.9 cm³/mol. The number of hydrogen-bond donors (Lipinski definition) is 2. The Bertz CT molecular complexity index is 414. The quantitative estimate of drug-likeness (QED) is 0.768. The summed E-state index contributed by atoms with van der Waals surface area (Å²) < 4.78 is 24.9. The maximum Gasteiger partial charge on any atom is 0.214 e. The molecule has 0 aliphatic rings. The molecule has 1 aromatic carbocycles. The van der Waals surface area contributed by atoms with Crippen LogP contribution in [0.15, 0.2) is 24.3 Å². The maximum absolute atomic E-state index is 11.2. The van der Waals surface area contributed by atoms with Crippen LogP contribution in [0.5, 0.6) is 0 Å². The minimum Gasteiger partial charge on any atom is -0.395 e. The van der Waals surface area contributed by atoms with Crippen molar-refractivity contribution in [2.45, 2.75) is 13.5 Å². The van der Waals surface area contributed by atoms with E-state index >= 15 is 0 Å². The van der Waals surface area contributed by atoms with Crippen molar-refractivity contribution in [3.63, 3.8) is 0 Å². The van der Waals surface area contributed by atoms with Gasteiger partial charge in [0, 0.05) is 6.54 Å². The highest BCUT2D eigenvalue weighted by atomic mass is 32.2. The van der Waals surface area contributed by atoms with Gasteiger partial charge in [-0.2, -0.15) is 0 Å². The van der Waals surface area contributed by atoms with Gasteiger partial charge in [0.05, 0.1) is 12.4 Å². The van der Waals surface area contributed by atoms with Crippen LogP contribution in [0.4, 0.5) is 0 Å². The van der Waals surface area contributed by atoms with Crippen LogP contribution < -0.4 is 4.72 Å². The van der Waals surface area contributed by atoms with Crippen molar-refractivity contribution in [2.24, 2.45) is 0 Å². The summed E-state index contributed by atoms with van der Waals surface area (Å²) in [5, 5.41) is 8.53. The molecule has 15 heavy (non-hydrogen) atoms. The van der Waals surface area contributed by atoms with E-state index < -0.39 is 10.0 Å². The first kappa shape index (κ1) is 12.2. The molecule has 0 aromatic heterocycles. The molecular formula is C10H15NO3S. The summed E-state index contributed by atoms with van der Waals surface area (Å²) in [6, 6.07) is 7.57. The zero-order chi connectivity index (χ0) is 11.3. The van der Waals surface area contributed by atoms with Crippen LogP contribution in [-0.2, 0) is 16.6 Å². The van der Waals surface area contributed by atoms with Crippen molar-refractivity contribution in [1.29, 1.82) is 0 Å². The van der Waals surface area contributed by atoms with Gasteiger partial charge in [0.25, 0.3) is 0 Å². The normalized spacial score (nSPS) is 11.6. The van der Waals surface area contributed by atoms with Gasteiger partial charge in [0.15, 0.2) is 0 Å². The number of aryl methyl sites for hydroxylation is 1. The zero-order valence-electron chi connectivity index (χ0n) is 8.60. The highest BCUT2D eigenvalue weighted by molar-refractivity contribution is 7.89. The van der Waals surface area contributed by atoms with Crippen LogP contribution in [0.25, 0.3) is 0 Å². The molecule has 0 fully saturated rings. The summed E-state index contributed by atoms with van der Waals surface area (Å²) >= 11 is 0. The third kappa shape index (κ3) is 3.99. The van der Waals surface area contributed by atoms with Gasteiger partial charge < -0.3 is 5.11 Å². The molecule has 0 saturated heterocycles. The van der Waals surface area contributed by atoms with Crippen LogP contribution in [0.1, 0.15) is 11.1 Å². The molecule has 0 aliphatic carbocycles. The van der Waals surface area contributed by atoms with E-state index in [-0.39, 0.29) is 18.9 Å². The van der Waals surface area contributed by atoms with Crippen molar-refractivity contribution in [3.05, 3.63) is 35.4 Å². The van der Waals surface area contributed by atoms with E-state index in [1.807, 2.05) is 31.2 Å². The Morgan fingerprint density at radius 2 is 2.00 bits per heavy atom. The molecule has 0 saturated carbocycles. The molecule has 0 spiro atoms. The lowest BCUT2D eigenvalue weighted by atomic mass is 10.1. The van der Waals surface area contributed by atoms with Crippen molar-refractivity contribution >= 4 is 10.0 Å². The Morgan fingerprint density at radius 3 is 2.60 bits per heavy atom. The van der Waals surface area contributed by atoms with E-state index in [1.54, 1.807) is 0 Å². The van der Waals surface area contributed by atoms with Gasteiger partial charge in [-0.25, -0.2) is 13.1 Å². The predicted octanol–water partition coefficient (Wildman–Crippen LogP) is 0.407. The third-order valence-electron chi connectivity index (χ3n) is 2.10. The molecular weight excluding hydrogens is 214 g/mol. The fraction of sp³-hybridized carbons (Fsp3) is 0.400. The first-order chi connectivity index (χ1) is 7.05. The largest absolute Gasteiger partial charge is 0.395 e. The van der Waals surface area contributed by atoms with Gasteiger partial charge in [-0.15, -0.1) is 0 Å².